The number of hydrogen-bond acceptors (Lipinski definition) is 7. The molecule has 0 saturated heterocycles. The molecule has 0 fully saturated rings. The molecule has 182 valence electrons. The van der Waals surface area contributed by atoms with Crippen molar-refractivity contribution >= 4 is 29.3 Å². The van der Waals surface area contributed by atoms with Gasteiger partial charge in [0.2, 0.25) is 6.79 Å². The van der Waals surface area contributed by atoms with Crippen LogP contribution in [0, 0.1) is 0 Å². The second-order valence-corrected chi connectivity index (χ2v) is 8.96. The summed E-state index contributed by atoms with van der Waals surface area (Å²) in [5, 5.41) is 9.45. The van der Waals surface area contributed by atoms with Gasteiger partial charge in [-0.3, -0.25) is 4.79 Å². The van der Waals surface area contributed by atoms with Crippen molar-refractivity contribution in [2.45, 2.75) is 19.6 Å². The molecule has 1 N–H and O–H groups in total. The van der Waals surface area contributed by atoms with Crippen LogP contribution in [0.25, 0.3) is 22.3 Å². The van der Waals surface area contributed by atoms with E-state index in [-0.39, 0.29) is 13.3 Å². The number of rotatable bonds is 8. The molecule has 1 atom stereocenters. The van der Waals surface area contributed by atoms with Gasteiger partial charge in [0.1, 0.15) is 5.69 Å². The van der Waals surface area contributed by atoms with Crippen molar-refractivity contribution in [1.29, 1.82) is 0 Å². The highest BCUT2D eigenvalue weighted by molar-refractivity contribution is 7.13. The second-order valence-electron chi connectivity index (χ2n) is 8.01. The largest absolute Gasteiger partial charge is 0.454 e. The number of nitrogens with zero attached hydrogens (tertiary/aromatic N) is 2. The maximum absolute atomic E-state index is 12.5. The van der Waals surface area contributed by atoms with Crippen molar-refractivity contribution in [3.63, 3.8) is 0 Å². The Kier molecular flexibility index (Phi) is 6.81. The molecule has 36 heavy (non-hydrogen) atoms. The van der Waals surface area contributed by atoms with Gasteiger partial charge in [-0.25, -0.2) is 9.48 Å². The van der Waals surface area contributed by atoms with Crippen molar-refractivity contribution < 1.29 is 23.8 Å². The quantitative estimate of drug-likeness (QED) is 0.281. The van der Waals surface area contributed by atoms with Gasteiger partial charge in [0.15, 0.2) is 17.6 Å². The summed E-state index contributed by atoms with van der Waals surface area (Å²) in [6.45, 7) is 1.99. The van der Waals surface area contributed by atoms with E-state index < -0.39 is 18.0 Å². The Hall–Kier alpha value is -4.37. The summed E-state index contributed by atoms with van der Waals surface area (Å²) in [6, 6.07) is 19.1. The van der Waals surface area contributed by atoms with Crippen LogP contribution in [0.1, 0.15) is 18.1 Å². The Balaban J connectivity index is 1.22. The summed E-state index contributed by atoms with van der Waals surface area (Å²) in [5.41, 5.74) is 3.28. The Bertz CT molecular complexity index is 1400. The van der Waals surface area contributed by atoms with Crippen molar-refractivity contribution in [3.05, 3.63) is 89.4 Å². The van der Waals surface area contributed by atoms with E-state index in [1.54, 1.807) is 28.2 Å². The number of fused-ring (bicyclic) bond motifs is 1. The summed E-state index contributed by atoms with van der Waals surface area (Å²) < 4.78 is 17.7. The molecule has 0 aliphatic carbocycles. The number of carbonyl (C=O) groups excluding carboxylic acids is 2. The number of amides is 1. The van der Waals surface area contributed by atoms with E-state index in [1.807, 2.05) is 66.2 Å². The SMILES string of the molecule is C[C@@H](OC(=O)/C=C/c1cn(-c2ccccc2)nc1-c1cccs1)C(=O)NCc1ccc2c(c1)OCO2. The lowest BCUT2D eigenvalue weighted by Crippen LogP contribution is -2.35. The number of carbonyl (C=O) groups is 2. The summed E-state index contributed by atoms with van der Waals surface area (Å²) in [6.07, 6.45) is 3.86. The summed E-state index contributed by atoms with van der Waals surface area (Å²) in [5.74, 6) is 0.301. The molecule has 0 unspecified atom stereocenters. The number of esters is 1. The molecule has 5 rings (SSSR count). The molecule has 2 aromatic heterocycles. The van der Waals surface area contributed by atoms with E-state index in [1.165, 1.54) is 13.0 Å². The summed E-state index contributed by atoms with van der Waals surface area (Å²) in [7, 11) is 0. The van der Waals surface area contributed by atoms with Gasteiger partial charge in [0.05, 0.1) is 10.6 Å². The summed E-state index contributed by atoms with van der Waals surface area (Å²) in [4.78, 5) is 25.9. The number of benzene rings is 2. The Morgan fingerprint density at radius 1 is 1.14 bits per heavy atom. The van der Waals surface area contributed by atoms with Gasteiger partial charge in [-0.2, -0.15) is 5.10 Å². The molecule has 0 bridgehead atoms. The molecule has 2 aromatic carbocycles. The lowest BCUT2D eigenvalue weighted by atomic mass is 10.2. The van der Waals surface area contributed by atoms with Gasteiger partial charge in [-0.15, -0.1) is 11.3 Å². The minimum absolute atomic E-state index is 0.188. The molecule has 4 aromatic rings. The van der Waals surface area contributed by atoms with Crippen LogP contribution >= 0.6 is 11.3 Å². The van der Waals surface area contributed by atoms with Crippen LogP contribution in [0.15, 0.2) is 78.3 Å². The van der Waals surface area contributed by atoms with Crippen LogP contribution in [-0.2, 0) is 20.9 Å². The zero-order chi connectivity index (χ0) is 24.9. The molecule has 1 aliphatic heterocycles. The monoisotopic (exact) mass is 501 g/mol. The highest BCUT2D eigenvalue weighted by Gasteiger charge is 2.18. The maximum atomic E-state index is 12.5. The first-order valence-corrected chi connectivity index (χ1v) is 12.2. The highest BCUT2D eigenvalue weighted by Crippen LogP contribution is 2.32. The Morgan fingerprint density at radius 2 is 1.97 bits per heavy atom. The van der Waals surface area contributed by atoms with Crippen LogP contribution in [0.3, 0.4) is 0 Å². The molecule has 3 heterocycles. The topological polar surface area (TPSA) is 91.7 Å². The number of hydrogen-bond donors (Lipinski definition) is 1. The van der Waals surface area contributed by atoms with Gasteiger partial charge >= 0.3 is 5.97 Å². The maximum Gasteiger partial charge on any atom is 0.331 e. The highest BCUT2D eigenvalue weighted by atomic mass is 32.1. The van der Waals surface area contributed by atoms with Crippen molar-refractivity contribution in [1.82, 2.24) is 15.1 Å². The third-order valence-electron chi connectivity index (χ3n) is 5.48. The predicted molar refractivity (Wildman–Crippen MR) is 136 cm³/mol. The number of nitrogens with one attached hydrogen (secondary N) is 1. The standard InChI is InChI=1S/C27H23N3O5S/c1-18(27(32)28-15-19-9-11-22-23(14-19)34-17-33-22)35-25(31)12-10-20-16-30(21-6-3-2-4-7-21)29-26(20)24-8-5-13-36-24/h2-14,16,18H,15,17H2,1H3,(H,28,32)/b12-10+/t18-/m1/s1. The average molecular weight is 502 g/mol. The zero-order valence-electron chi connectivity index (χ0n) is 19.4. The number of ether oxygens (including phenoxy) is 3. The normalized spacial score (nSPS) is 13.0. The first-order chi connectivity index (χ1) is 17.6. The first-order valence-electron chi connectivity index (χ1n) is 11.3. The van der Waals surface area contributed by atoms with Crippen molar-refractivity contribution in [2.75, 3.05) is 6.79 Å². The number of para-hydroxylation sites is 1. The molecule has 8 nitrogen and oxygen atoms in total. The molecule has 9 heteroatoms. The minimum atomic E-state index is -0.958. The fourth-order valence-electron chi connectivity index (χ4n) is 3.64. The van der Waals surface area contributed by atoms with E-state index in [9.17, 15) is 9.59 Å². The van der Waals surface area contributed by atoms with Gasteiger partial charge in [-0.1, -0.05) is 30.3 Å². The van der Waals surface area contributed by atoms with Gasteiger partial charge in [-0.05, 0) is 54.3 Å². The first kappa shape index (κ1) is 23.4. The predicted octanol–water partition coefficient (Wildman–Crippen LogP) is 4.59. The fourth-order valence-corrected chi connectivity index (χ4v) is 4.37. The lowest BCUT2D eigenvalue weighted by molar-refractivity contribution is -0.150. The van der Waals surface area contributed by atoms with Crippen LogP contribution in [-0.4, -0.2) is 34.6 Å². The van der Waals surface area contributed by atoms with Crippen LogP contribution in [0.4, 0.5) is 0 Å². The molecule has 1 amide bonds. The molecule has 0 radical (unpaired) electrons. The fraction of sp³-hybridized carbons (Fsp3) is 0.148. The molecular weight excluding hydrogens is 478 g/mol. The minimum Gasteiger partial charge on any atom is -0.454 e. The van der Waals surface area contributed by atoms with Gasteiger partial charge in [0, 0.05) is 24.4 Å². The van der Waals surface area contributed by atoms with Crippen molar-refractivity contribution in [3.8, 4) is 27.8 Å². The Labute approximate surface area is 211 Å². The van der Waals surface area contributed by atoms with Crippen LogP contribution in [0.5, 0.6) is 11.5 Å². The molecule has 1 aliphatic rings. The smallest absolute Gasteiger partial charge is 0.331 e. The van der Waals surface area contributed by atoms with Crippen molar-refractivity contribution in [2.24, 2.45) is 0 Å². The van der Waals surface area contributed by atoms with E-state index in [0.717, 1.165) is 27.4 Å². The molecule has 0 spiro atoms. The summed E-state index contributed by atoms with van der Waals surface area (Å²) >= 11 is 1.56. The third-order valence-corrected chi connectivity index (χ3v) is 6.36. The Morgan fingerprint density at radius 3 is 2.78 bits per heavy atom. The van der Waals surface area contributed by atoms with Crippen LogP contribution in [0.2, 0.25) is 0 Å². The average Bonchev–Trinajstić information content (AvgIpc) is 3.66. The third kappa shape index (κ3) is 5.31. The number of aromatic nitrogens is 2. The van der Waals surface area contributed by atoms with Gasteiger partial charge < -0.3 is 19.5 Å². The van der Waals surface area contributed by atoms with Gasteiger partial charge in [0.25, 0.3) is 5.91 Å². The number of thiophene rings is 1. The van der Waals surface area contributed by atoms with E-state index in [2.05, 4.69) is 5.32 Å². The molecule has 0 saturated carbocycles. The van der Waals surface area contributed by atoms with E-state index in [4.69, 9.17) is 19.3 Å². The van der Waals surface area contributed by atoms with Crippen LogP contribution < -0.4 is 14.8 Å². The second kappa shape index (κ2) is 10.5. The molecular formula is C27H23N3O5S. The van der Waals surface area contributed by atoms with E-state index in [0.29, 0.717) is 11.5 Å². The van der Waals surface area contributed by atoms with E-state index >= 15 is 0 Å². The zero-order valence-corrected chi connectivity index (χ0v) is 20.2. The lowest BCUT2D eigenvalue weighted by Gasteiger charge is -2.12.